The number of likely N-dealkylation sites (N-methyl/N-ethyl adjacent to an activating group) is 1. The predicted molar refractivity (Wildman–Crippen MR) is 136 cm³/mol. The van der Waals surface area contributed by atoms with Crippen molar-refractivity contribution in [1.29, 1.82) is 0 Å². The van der Waals surface area contributed by atoms with Gasteiger partial charge in [0.15, 0.2) is 4.80 Å². The molecule has 1 amide bonds. The first-order chi connectivity index (χ1) is 16.5. The lowest BCUT2D eigenvalue weighted by atomic mass is 10.1. The lowest BCUT2D eigenvalue weighted by Crippen LogP contribution is -2.38. The van der Waals surface area contributed by atoms with Crippen LogP contribution in [0.4, 0.5) is 10.1 Å². The summed E-state index contributed by atoms with van der Waals surface area (Å²) >= 11 is 7.60. The van der Waals surface area contributed by atoms with Gasteiger partial charge in [0, 0.05) is 36.1 Å². The van der Waals surface area contributed by atoms with E-state index in [1.54, 1.807) is 31.4 Å². The summed E-state index contributed by atoms with van der Waals surface area (Å²) in [5.74, 6) is 0.418. The standard InChI is InChI=1S/C25H30ClFN4O2S/c1-4-30(5-2)24(32)16-28-13-6-14-31-22(18-7-10-20(27)11-8-18)17-34-25(31)29-21-12-9-19(26)15-23(21)33-3/h7-12,15,17,28H,4-6,13-14,16H2,1-3H3. The molecule has 0 aliphatic rings. The van der Waals surface area contributed by atoms with Gasteiger partial charge in [-0.15, -0.1) is 11.3 Å². The Bertz CT molecular complexity index is 1160. The van der Waals surface area contributed by atoms with E-state index in [2.05, 4.69) is 9.88 Å². The van der Waals surface area contributed by atoms with Crippen LogP contribution in [-0.4, -0.2) is 48.7 Å². The lowest BCUT2D eigenvalue weighted by molar-refractivity contribution is -0.129. The number of aromatic nitrogens is 1. The van der Waals surface area contributed by atoms with E-state index in [1.165, 1.54) is 23.5 Å². The Hall–Kier alpha value is -2.68. The molecule has 3 aromatic rings. The summed E-state index contributed by atoms with van der Waals surface area (Å²) in [7, 11) is 1.59. The van der Waals surface area contributed by atoms with E-state index in [0.29, 0.717) is 49.2 Å². The molecule has 0 spiro atoms. The summed E-state index contributed by atoms with van der Waals surface area (Å²) in [6.07, 6.45) is 0.793. The van der Waals surface area contributed by atoms with Crippen molar-refractivity contribution in [1.82, 2.24) is 14.8 Å². The summed E-state index contributed by atoms with van der Waals surface area (Å²) in [6, 6.07) is 11.8. The van der Waals surface area contributed by atoms with Crippen LogP contribution in [0, 0.1) is 5.82 Å². The first-order valence-corrected chi connectivity index (χ1v) is 12.5. The smallest absolute Gasteiger partial charge is 0.236 e. The summed E-state index contributed by atoms with van der Waals surface area (Å²) in [5.41, 5.74) is 2.54. The van der Waals surface area contributed by atoms with E-state index in [-0.39, 0.29) is 11.7 Å². The van der Waals surface area contributed by atoms with Gasteiger partial charge in [-0.25, -0.2) is 9.38 Å². The number of carbonyl (C=O) groups is 1. The van der Waals surface area contributed by atoms with Crippen LogP contribution in [0.15, 0.2) is 52.8 Å². The minimum atomic E-state index is -0.275. The number of halogens is 2. The van der Waals surface area contributed by atoms with E-state index in [1.807, 2.05) is 30.2 Å². The van der Waals surface area contributed by atoms with E-state index >= 15 is 0 Å². The molecule has 0 fully saturated rings. The minimum Gasteiger partial charge on any atom is -0.494 e. The average molecular weight is 505 g/mol. The number of hydrogen-bond donors (Lipinski definition) is 1. The van der Waals surface area contributed by atoms with Gasteiger partial charge in [0.05, 0.1) is 19.3 Å². The third kappa shape index (κ3) is 6.68. The topological polar surface area (TPSA) is 58.9 Å². The molecular formula is C25H30ClFN4O2S. The highest BCUT2D eigenvalue weighted by molar-refractivity contribution is 7.07. The largest absolute Gasteiger partial charge is 0.494 e. The first-order valence-electron chi connectivity index (χ1n) is 11.3. The molecule has 1 N–H and O–H groups in total. The van der Waals surface area contributed by atoms with Crippen molar-refractivity contribution in [3.05, 3.63) is 63.5 Å². The molecular weight excluding hydrogens is 475 g/mol. The highest BCUT2D eigenvalue weighted by Crippen LogP contribution is 2.30. The number of methoxy groups -OCH3 is 1. The zero-order chi connectivity index (χ0) is 24.5. The number of hydrogen-bond acceptors (Lipinski definition) is 5. The van der Waals surface area contributed by atoms with E-state index in [0.717, 1.165) is 22.5 Å². The number of amides is 1. The maximum atomic E-state index is 13.5. The summed E-state index contributed by atoms with van der Waals surface area (Å²) in [4.78, 5) is 19.6. The van der Waals surface area contributed by atoms with Crippen LogP contribution < -0.4 is 14.9 Å². The van der Waals surface area contributed by atoms with Crippen molar-refractivity contribution in [3.8, 4) is 17.0 Å². The van der Waals surface area contributed by atoms with Crippen LogP contribution in [0.25, 0.3) is 11.3 Å². The van der Waals surface area contributed by atoms with Crippen molar-refractivity contribution in [2.24, 2.45) is 4.99 Å². The van der Waals surface area contributed by atoms with E-state index in [9.17, 15) is 9.18 Å². The molecule has 0 saturated heterocycles. The quantitative estimate of drug-likeness (QED) is 0.370. The molecule has 1 heterocycles. The van der Waals surface area contributed by atoms with Gasteiger partial charge in [0.1, 0.15) is 17.3 Å². The van der Waals surface area contributed by atoms with Crippen molar-refractivity contribution in [2.75, 3.05) is 33.3 Å². The molecule has 0 saturated carbocycles. The fraction of sp³-hybridized carbons (Fsp3) is 0.360. The molecule has 34 heavy (non-hydrogen) atoms. The molecule has 0 unspecified atom stereocenters. The fourth-order valence-electron chi connectivity index (χ4n) is 3.58. The third-order valence-corrected chi connectivity index (χ3v) is 6.52. The summed E-state index contributed by atoms with van der Waals surface area (Å²) in [5, 5.41) is 5.84. The second-order valence-electron chi connectivity index (χ2n) is 7.59. The van der Waals surface area contributed by atoms with Crippen LogP contribution in [-0.2, 0) is 11.3 Å². The van der Waals surface area contributed by atoms with E-state index < -0.39 is 0 Å². The number of rotatable bonds is 11. The summed E-state index contributed by atoms with van der Waals surface area (Å²) in [6.45, 7) is 7.06. The molecule has 0 radical (unpaired) electrons. The zero-order valence-electron chi connectivity index (χ0n) is 19.7. The Labute approximate surface area is 208 Å². The Morgan fingerprint density at radius 3 is 2.62 bits per heavy atom. The number of thiazole rings is 1. The zero-order valence-corrected chi connectivity index (χ0v) is 21.3. The predicted octanol–water partition coefficient (Wildman–Crippen LogP) is 5.10. The lowest BCUT2D eigenvalue weighted by Gasteiger charge is -2.18. The second kappa shape index (κ2) is 12.7. The van der Waals surface area contributed by atoms with Gasteiger partial charge in [-0.2, -0.15) is 0 Å². The third-order valence-electron chi connectivity index (χ3n) is 5.42. The van der Waals surface area contributed by atoms with Gasteiger partial charge >= 0.3 is 0 Å². The van der Waals surface area contributed by atoms with Gasteiger partial charge < -0.3 is 19.5 Å². The van der Waals surface area contributed by atoms with Crippen LogP contribution in [0.5, 0.6) is 5.75 Å². The molecule has 182 valence electrons. The molecule has 2 aromatic carbocycles. The SMILES string of the molecule is CCN(CC)C(=O)CNCCCn1c(-c2ccc(F)cc2)csc1=Nc1ccc(Cl)cc1OC. The molecule has 0 atom stereocenters. The van der Waals surface area contributed by atoms with Gasteiger partial charge in [-0.3, -0.25) is 4.79 Å². The maximum absolute atomic E-state index is 13.5. The Kier molecular flexibility index (Phi) is 9.68. The molecule has 3 rings (SSSR count). The molecule has 0 aliphatic heterocycles. The maximum Gasteiger partial charge on any atom is 0.236 e. The van der Waals surface area contributed by atoms with Crippen LogP contribution >= 0.6 is 22.9 Å². The summed E-state index contributed by atoms with van der Waals surface area (Å²) < 4.78 is 21.0. The molecule has 0 bridgehead atoms. The number of benzene rings is 2. The number of nitrogens with one attached hydrogen (secondary N) is 1. The van der Waals surface area contributed by atoms with Gasteiger partial charge in [-0.05, 0) is 68.8 Å². The van der Waals surface area contributed by atoms with E-state index in [4.69, 9.17) is 21.3 Å². The average Bonchev–Trinajstić information content (AvgIpc) is 3.23. The number of nitrogens with zero attached hydrogens (tertiary/aromatic N) is 3. The highest BCUT2D eigenvalue weighted by atomic mass is 35.5. The number of ether oxygens (including phenoxy) is 1. The van der Waals surface area contributed by atoms with Crippen LogP contribution in [0.2, 0.25) is 5.02 Å². The second-order valence-corrected chi connectivity index (χ2v) is 8.86. The van der Waals surface area contributed by atoms with Crippen LogP contribution in [0.3, 0.4) is 0 Å². The molecule has 9 heteroatoms. The van der Waals surface area contributed by atoms with Crippen molar-refractivity contribution < 1.29 is 13.9 Å². The van der Waals surface area contributed by atoms with Crippen molar-refractivity contribution in [2.45, 2.75) is 26.8 Å². The molecule has 0 aliphatic carbocycles. The Balaban J connectivity index is 1.83. The van der Waals surface area contributed by atoms with Crippen molar-refractivity contribution in [3.63, 3.8) is 0 Å². The number of carbonyl (C=O) groups excluding carboxylic acids is 1. The first kappa shape index (κ1) is 25.9. The highest BCUT2D eigenvalue weighted by Gasteiger charge is 2.11. The molecule has 1 aromatic heterocycles. The Morgan fingerprint density at radius 1 is 1.21 bits per heavy atom. The van der Waals surface area contributed by atoms with Crippen molar-refractivity contribution >= 4 is 34.5 Å². The fourth-order valence-corrected chi connectivity index (χ4v) is 4.69. The van der Waals surface area contributed by atoms with Crippen LogP contribution in [0.1, 0.15) is 20.3 Å². The Morgan fingerprint density at radius 2 is 1.94 bits per heavy atom. The van der Waals surface area contributed by atoms with Gasteiger partial charge in [0.25, 0.3) is 0 Å². The normalized spacial score (nSPS) is 11.6. The van der Waals surface area contributed by atoms with Gasteiger partial charge in [0.2, 0.25) is 5.91 Å². The molecule has 6 nitrogen and oxygen atoms in total. The van der Waals surface area contributed by atoms with Gasteiger partial charge in [-0.1, -0.05) is 11.6 Å². The monoisotopic (exact) mass is 504 g/mol. The minimum absolute atomic E-state index is 0.103.